The molecule has 122 valence electrons. The number of nitrogens with two attached hydrogens (primary N) is 1. The average Bonchev–Trinajstić information content (AvgIpc) is 2.53. The molecule has 0 spiro atoms. The van der Waals surface area contributed by atoms with E-state index in [4.69, 9.17) is 10.5 Å². The minimum atomic E-state index is -0.504. The van der Waals surface area contributed by atoms with Crippen LogP contribution in [0, 0.1) is 5.41 Å². The fourth-order valence-corrected chi connectivity index (χ4v) is 3.72. The Morgan fingerprint density at radius 2 is 2.00 bits per heavy atom. The molecule has 1 saturated carbocycles. The Labute approximate surface area is 133 Å². The van der Waals surface area contributed by atoms with E-state index < -0.39 is 6.04 Å². The maximum Gasteiger partial charge on any atom is 0.237 e. The molecule has 2 unspecified atom stereocenters. The summed E-state index contributed by atoms with van der Waals surface area (Å²) in [4.78, 5) is 12.4. The van der Waals surface area contributed by atoms with Gasteiger partial charge >= 0.3 is 0 Å². The molecule has 4 heteroatoms. The van der Waals surface area contributed by atoms with Crippen molar-refractivity contribution in [3.63, 3.8) is 0 Å². The molecule has 22 heavy (non-hydrogen) atoms. The van der Waals surface area contributed by atoms with Crippen molar-refractivity contribution in [3.05, 3.63) is 35.9 Å². The third-order valence-corrected chi connectivity index (χ3v) is 5.34. The van der Waals surface area contributed by atoms with E-state index in [2.05, 4.69) is 19.2 Å². The van der Waals surface area contributed by atoms with Gasteiger partial charge in [-0.1, -0.05) is 44.2 Å². The first-order valence-corrected chi connectivity index (χ1v) is 8.20. The van der Waals surface area contributed by atoms with Gasteiger partial charge in [0.15, 0.2) is 0 Å². The molecular weight excluding hydrogens is 276 g/mol. The molecule has 0 heterocycles. The molecule has 1 aromatic rings. The lowest BCUT2D eigenvalue weighted by Gasteiger charge is -2.55. The third kappa shape index (κ3) is 3.18. The second-order valence-electron chi connectivity index (χ2n) is 6.26. The maximum atomic E-state index is 12.4. The van der Waals surface area contributed by atoms with E-state index in [0.717, 1.165) is 24.8 Å². The third-order valence-electron chi connectivity index (χ3n) is 5.34. The molecule has 0 saturated heterocycles. The lowest BCUT2D eigenvalue weighted by atomic mass is 9.58. The van der Waals surface area contributed by atoms with E-state index in [1.165, 1.54) is 0 Å². The first kappa shape index (κ1) is 17.0. The van der Waals surface area contributed by atoms with Gasteiger partial charge in [-0.2, -0.15) is 0 Å². The van der Waals surface area contributed by atoms with Crippen molar-refractivity contribution in [1.82, 2.24) is 5.32 Å². The van der Waals surface area contributed by atoms with Gasteiger partial charge in [0.25, 0.3) is 0 Å². The minimum absolute atomic E-state index is 0.0525. The Morgan fingerprint density at radius 1 is 1.36 bits per heavy atom. The quantitative estimate of drug-likeness (QED) is 0.812. The standard InChI is InChI=1S/C18H28N2O2/c1-4-18(5-2)15(12-16(18)22-3)20-17(21)14(19)11-13-9-7-6-8-10-13/h6-10,14-16H,4-5,11-12,19H2,1-3H3,(H,20,21)/t14-,15?,16?/m0/s1. The van der Waals surface area contributed by atoms with Crippen LogP contribution in [0.1, 0.15) is 38.7 Å². The summed E-state index contributed by atoms with van der Waals surface area (Å²) in [7, 11) is 1.75. The smallest absolute Gasteiger partial charge is 0.237 e. The van der Waals surface area contributed by atoms with Crippen molar-refractivity contribution in [2.24, 2.45) is 11.1 Å². The van der Waals surface area contributed by atoms with Gasteiger partial charge in [-0.3, -0.25) is 4.79 Å². The molecule has 2 rings (SSSR count). The van der Waals surface area contributed by atoms with Gasteiger partial charge in [0, 0.05) is 18.6 Å². The van der Waals surface area contributed by atoms with Gasteiger partial charge in [-0.15, -0.1) is 0 Å². The van der Waals surface area contributed by atoms with E-state index in [-0.39, 0.29) is 23.5 Å². The van der Waals surface area contributed by atoms with E-state index in [0.29, 0.717) is 6.42 Å². The van der Waals surface area contributed by atoms with E-state index in [1.807, 2.05) is 30.3 Å². The first-order chi connectivity index (χ1) is 10.6. The first-order valence-electron chi connectivity index (χ1n) is 8.20. The molecule has 1 aliphatic carbocycles. The van der Waals surface area contributed by atoms with E-state index in [1.54, 1.807) is 7.11 Å². The molecule has 4 nitrogen and oxygen atoms in total. The molecule has 1 amide bonds. The van der Waals surface area contributed by atoms with Crippen LogP contribution in [-0.2, 0) is 16.0 Å². The number of nitrogens with one attached hydrogen (secondary N) is 1. The van der Waals surface area contributed by atoms with Crippen LogP contribution in [0.2, 0.25) is 0 Å². The predicted molar refractivity (Wildman–Crippen MR) is 88.5 cm³/mol. The summed E-state index contributed by atoms with van der Waals surface area (Å²) in [5, 5.41) is 3.15. The number of hydrogen-bond donors (Lipinski definition) is 2. The molecule has 1 fully saturated rings. The van der Waals surface area contributed by atoms with E-state index in [9.17, 15) is 4.79 Å². The Morgan fingerprint density at radius 3 is 2.55 bits per heavy atom. The molecule has 3 atom stereocenters. The molecule has 0 aliphatic heterocycles. The Hall–Kier alpha value is -1.39. The Kier molecular flexibility index (Phi) is 5.59. The molecule has 0 radical (unpaired) electrons. The highest BCUT2D eigenvalue weighted by molar-refractivity contribution is 5.82. The number of rotatable bonds is 7. The summed E-state index contributed by atoms with van der Waals surface area (Å²) in [5.74, 6) is -0.0605. The van der Waals surface area contributed by atoms with Gasteiger partial charge < -0.3 is 15.8 Å². The maximum absolute atomic E-state index is 12.4. The largest absolute Gasteiger partial charge is 0.381 e. The molecule has 0 bridgehead atoms. The van der Waals surface area contributed by atoms with Crippen LogP contribution in [0.25, 0.3) is 0 Å². The van der Waals surface area contributed by atoms with Crippen LogP contribution in [0.15, 0.2) is 30.3 Å². The van der Waals surface area contributed by atoms with Crippen molar-refractivity contribution in [1.29, 1.82) is 0 Å². The molecule has 1 aliphatic rings. The molecule has 1 aromatic carbocycles. The van der Waals surface area contributed by atoms with Crippen molar-refractivity contribution in [2.45, 2.75) is 57.7 Å². The van der Waals surface area contributed by atoms with Gasteiger partial charge in [-0.25, -0.2) is 0 Å². The molecule has 0 aromatic heterocycles. The van der Waals surface area contributed by atoms with Gasteiger partial charge in [0.05, 0.1) is 12.1 Å². The topological polar surface area (TPSA) is 64.4 Å². The number of hydrogen-bond acceptors (Lipinski definition) is 3. The zero-order valence-corrected chi connectivity index (χ0v) is 13.8. The fourth-order valence-electron chi connectivity index (χ4n) is 3.72. The highest BCUT2D eigenvalue weighted by Crippen LogP contribution is 2.48. The SMILES string of the molecule is CCC1(CC)C(NC(=O)[C@@H](N)Cc2ccccc2)CC1OC. The second kappa shape index (κ2) is 7.25. The van der Waals surface area contributed by atoms with Gasteiger partial charge in [-0.05, 0) is 31.2 Å². The Bertz CT molecular complexity index is 485. The number of amides is 1. The number of methoxy groups -OCH3 is 1. The average molecular weight is 304 g/mol. The van der Waals surface area contributed by atoms with Crippen LogP contribution in [0.5, 0.6) is 0 Å². The van der Waals surface area contributed by atoms with Gasteiger partial charge in [0.1, 0.15) is 0 Å². The number of ether oxygens (including phenoxy) is 1. The Balaban J connectivity index is 1.94. The number of carbonyl (C=O) groups is 1. The van der Waals surface area contributed by atoms with Crippen molar-refractivity contribution in [2.75, 3.05) is 7.11 Å². The van der Waals surface area contributed by atoms with E-state index >= 15 is 0 Å². The zero-order chi connectivity index (χ0) is 16.2. The van der Waals surface area contributed by atoms with Crippen molar-refractivity contribution >= 4 is 5.91 Å². The van der Waals surface area contributed by atoms with Crippen molar-refractivity contribution < 1.29 is 9.53 Å². The summed E-state index contributed by atoms with van der Waals surface area (Å²) in [6.07, 6.45) is 3.68. The summed E-state index contributed by atoms with van der Waals surface area (Å²) < 4.78 is 5.57. The van der Waals surface area contributed by atoms with Crippen LogP contribution >= 0.6 is 0 Å². The highest BCUT2D eigenvalue weighted by Gasteiger charge is 2.53. The van der Waals surface area contributed by atoms with Crippen LogP contribution in [0.4, 0.5) is 0 Å². The second-order valence-corrected chi connectivity index (χ2v) is 6.26. The number of carbonyl (C=O) groups excluding carboxylic acids is 1. The lowest BCUT2D eigenvalue weighted by Crippen LogP contribution is -2.65. The van der Waals surface area contributed by atoms with Gasteiger partial charge in [0.2, 0.25) is 5.91 Å². The predicted octanol–water partition coefficient (Wildman–Crippen LogP) is 2.27. The number of benzene rings is 1. The van der Waals surface area contributed by atoms with Crippen LogP contribution in [0.3, 0.4) is 0 Å². The fraction of sp³-hybridized carbons (Fsp3) is 0.611. The molecule has 3 N–H and O–H groups in total. The zero-order valence-electron chi connectivity index (χ0n) is 13.8. The highest BCUT2D eigenvalue weighted by atomic mass is 16.5. The van der Waals surface area contributed by atoms with Crippen molar-refractivity contribution in [3.8, 4) is 0 Å². The normalized spacial score (nSPS) is 24.4. The summed E-state index contributed by atoms with van der Waals surface area (Å²) >= 11 is 0. The summed E-state index contributed by atoms with van der Waals surface area (Å²) in [6.45, 7) is 4.33. The molecular formula is C18H28N2O2. The minimum Gasteiger partial charge on any atom is -0.381 e. The van der Waals surface area contributed by atoms with Crippen LogP contribution < -0.4 is 11.1 Å². The summed E-state index contributed by atoms with van der Waals surface area (Å²) in [6, 6.07) is 9.56. The van der Waals surface area contributed by atoms with Crippen LogP contribution in [-0.4, -0.2) is 31.2 Å². The summed E-state index contributed by atoms with van der Waals surface area (Å²) in [5.41, 5.74) is 7.21. The monoisotopic (exact) mass is 304 g/mol. The lowest BCUT2D eigenvalue weighted by molar-refractivity contribution is -0.142.